The first-order valence-electron chi connectivity index (χ1n) is 6.98. The predicted octanol–water partition coefficient (Wildman–Crippen LogP) is 2.63. The smallest absolute Gasteiger partial charge is 0.433 e. The number of amides is 1. The fraction of sp³-hybridized carbons (Fsp3) is 0.533. The number of pyridine rings is 1. The lowest BCUT2D eigenvalue weighted by Gasteiger charge is -2.32. The van der Waals surface area contributed by atoms with Crippen molar-refractivity contribution in [1.29, 1.82) is 0 Å². The first-order chi connectivity index (χ1) is 9.76. The van der Waals surface area contributed by atoms with Crippen LogP contribution < -0.4 is 0 Å². The van der Waals surface area contributed by atoms with Crippen LogP contribution >= 0.6 is 0 Å². The molecule has 1 N–H and O–H groups in total. The zero-order valence-electron chi connectivity index (χ0n) is 12.8. The van der Waals surface area contributed by atoms with Gasteiger partial charge in [-0.25, -0.2) is 4.79 Å². The largest absolute Gasteiger partial charge is 0.442 e. The van der Waals surface area contributed by atoms with Crippen molar-refractivity contribution >= 4 is 11.8 Å². The van der Waals surface area contributed by atoms with Crippen LogP contribution in [0.4, 0.5) is 4.79 Å². The number of nitrogens with zero attached hydrogens (tertiary/aromatic N) is 3. The summed E-state index contributed by atoms with van der Waals surface area (Å²) < 4.78 is 5.33. The van der Waals surface area contributed by atoms with Crippen molar-refractivity contribution in [1.82, 2.24) is 9.99 Å². The van der Waals surface area contributed by atoms with Crippen LogP contribution in [0.2, 0.25) is 0 Å². The van der Waals surface area contributed by atoms with Crippen molar-refractivity contribution in [3.05, 3.63) is 30.1 Å². The van der Waals surface area contributed by atoms with Gasteiger partial charge in [-0.15, -0.1) is 0 Å². The van der Waals surface area contributed by atoms with E-state index in [0.717, 1.165) is 10.7 Å². The Labute approximate surface area is 124 Å². The van der Waals surface area contributed by atoms with Crippen LogP contribution in [-0.4, -0.2) is 32.5 Å². The van der Waals surface area contributed by atoms with Crippen molar-refractivity contribution in [3.8, 4) is 0 Å². The summed E-state index contributed by atoms with van der Waals surface area (Å²) >= 11 is 0. The number of hydrogen-bond acceptors (Lipinski definition) is 5. The van der Waals surface area contributed by atoms with Gasteiger partial charge < -0.3 is 9.84 Å². The molecule has 0 aromatic carbocycles. The van der Waals surface area contributed by atoms with Crippen LogP contribution in [0.5, 0.6) is 0 Å². The number of carbonyl (C=O) groups excluding carboxylic acids is 1. The molecule has 1 aliphatic heterocycles. The summed E-state index contributed by atoms with van der Waals surface area (Å²) in [5.41, 5.74) is -0.936. The van der Waals surface area contributed by atoms with Crippen LogP contribution in [-0.2, 0) is 10.5 Å². The van der Waals surface area contributed by atoms with Gasteiger partial charge in [0.05, 0.1) is 0 Å². The molecule has 0 saturated carbocycles. The standard InChI is InChI=1S/C15H21N3O3/c1-5-12-9-15(20,11-7-6-8-16-10-11)18(17-12)13(19)21-14(2,3)4/h6-8,10,20H,5,9H2,1-4H3. The highest BCUT2D eigenvalue weighted by Gasteiger charge is 2.47. The van der Waals surface area contributed by atoms with Gasteiger partial charge in [-0.1, -0.05) is 13.0 Å². The number of hydrazone groups is 1. The Morgan fingerprint density at radius 3 is 2.76 bits per heavy atom. The maximum Gasteiger partial charge on any atom is 0.433 e. The monoisotopic (exact) mass is 291 g/mol. The van der Waals surface area contributed by atoms with Crippen molar-refractivity contribution < 1.29 is 14.6 Å². The third kappa shape index (κ3) is 3.21. The quantitative estimate of drug-likeness (QED) is 0.909. The highest BCUT2D eigenvalue weighted by atomic mass is 16.6. The van der Waals surface area contributed by atoms with E-state index in [0.29, 0.717) is 12.0 Å². The highest BCUT2D eigenvalue weighted by Crippen LogP contribution is 2.36. The third-order valence-electron chi connectivity index (χ3n) is 3.14. The molecule has 6 nitrogen and oxygen atoms in total. The molecule has 1 aliphatic rings. The van der Waals surface area contributed by atoms with Gasteiger partial charge in [-0.05, 0) is 33.3 Å². The normalized spacial score (nSPS) is 22.1. The fourth-order valence-corrected chi connectivity index (χ4v) is 2.14. The molecular formula is C15H21N3O3. The van der Waals surface area contributed by atoms with Gasteiger partial charge in [0.25, 0.3) is 0 Å². The Morgan fingerprint density at radius 2 is 2.24 bits per heavy atom. The lowest BCUT2D eigenvalue weighted by atomic mass is 9.98. The molecular weight excluding hydrogens is 270 g/mol. The Balaban J connectivity index is 2.35. The minimum Gasteiger partial charge on any atom is -0.442 e. The van der Waals surface area contributed by atoms with Crippen LogP contribution in [0, 0.1) is 0 Å². The SMILES string of the molecule is CCC1=NN(C(=O)OC(C)(C)C)C(O)(c2cccnc2)C1. The van der Waals surface area contributed by atoms with Crippen molar-refractivity contribution in [3.63, 3.8) is 0 Å². The van der Waals surface area contributed by atoms with Crippen molar-refractivity contribution in [2.45, 2.75) is 51.9 Å². The average Bonchev–Trinajstić information content (AvgIpc) is 2.77. The maximum absolute atomic E-state index is 12.3. The number of hydrogen-bond donors (Lipinski definition) is 1. The zero-order chi connectivity index (χ0) is 15.7. The molecule has 6 heteroatoms. The van der Waals surface area contributed by atoms with Crippen LogP contribution in [0.3, 0.4) is 0 Å². The van der Waals surface area contributed by atoms with E-state index in [1.54, 1.807) is 39.1 Å². The molecule has 2 heterocycles. The van der Waals surface area contributed by atoms with Gasteiger partial charge in [-0.2, -0.15) is 10.1 Å². The van der Waals surface area contributed by atoms with Crippen LogP contribution in [0.15, 0.2) is 29.6 Å². The number of aliphatic hydroxyl groups is 1. The molecule has 0 bridgehead atoms. The van der Waals surface area contributed by atoms with Gasteiger partial charge in [0, 0.05) is 30.1 Å². The van der Waals surface area contributed by atoms with E-state index in [1.807, 2.05) is 6.92 Å². The van der Waals surface area contributed by atoms with Gasteiger partial charge in [-0.3, -0.25) is 4.98 Å². The lowest BCUT2D eigenvalue weighted by molar-refractivity contribution is -0.0977. The minimum absolute atomic E-state index is 0.258. The molecule has 0 spiro atoms. The van der Waals surface area contributed by atoms with Gasteiger partial charge in [0.15, 0.2) is 5.72 Å². The maximum atomic E-state index is 12.3. The third-order valence-corrected chi connectivity index (χ3v) is 3.14. The molecule has 0 radical (unpaired) electrons. The van der Waals surface area contributed by atoms with E-state index < -0.39 is 17.4 Å². The van der Waals surface area contributed by atoms with E-state index in [4.69, 9.17) is 4.74 Å². The van der Waals surface area contributed by atoms with Gasteiger partial charge >= 0.3 is 6.09 Å². The first-order valence-corrected chi connectivity index (χ1v) is 6.98. The molecule has 2 rings (SSSR count). The minimum atomic E-state index is -1.54. The second-order valence-corrected chi connectivity index (χ2v) is 6.05. The highest BCUT2D eigenvalue weighted by molar-refractivity contribution is 5.89. The van der Waals surface area contributed by atoms with Crippen molar-refractivity contribution in [2.24, 2.45) is 5.10 Å². The van der Waals surface area contributed by atoms with Crippen molar-refractivity contribution in [2.75, 3.05) is 0 Å². The molecule has 0 fully saturated rings. The van der Waals surface area contributed by atoms with Gasteiger partial charge in [0.2, 0.25) is 0 Å². The number of rotatable bonds is 2. The van der Waals surface area contributed by atoms with E-state index in [-0.39, 0.29) is 6.42 Å². The Morgan fingerprint density at radius 1 is 1.52 bits per heavy atom. The summed E-state index contributed by atoms with van der Waals surface area (Å²) in [6.07, 6.45) is 3.39. The number of carbonyl (C=O) groups is 1. The first kappa shape index (κ1) is 15.4. The fourth-order valence-electron chi connectivity index (χ4n) is 2.14. The van der Waals surface area contributed by atoms with Gasteiger partial charge in [0.1, 0.15) is 5.60 Å². The molecule has 0 saturated heterocycles. The summed E-state index contributed by atoms with van der Waals surface area (Å²) in [4.78, 5) is 16.3. The lowest BCUT2D eigenvalue weighted by Crippen LogP contribution is -2.45. The molecule has 21 heavy (non-hydrogen) atoms. The number of aromatic nitrogens is 1. The van der Waals surface area contributed by atoms with E-state index in [9.17, 15) is 9.90 Å². The summed E-state index contributed by atoms with van der Waals surface area (Å²) in [5, 5.41) is 16.2. The number of ether oxygens (including phenoxy) is 1. The summed E-state index contributed by atoms with van der Waals surface area (Å²) in [5.74, 6) is 0. The Kier molecular flexibility index (Phi) is 4.00. The van der Waals surface area contributed by atoms with E-state index in [2.05, 4.69) is 10.1 Å². The van der Waals surface area contributed by atoms with Crippen LogP contribution in [0.1, 0.15) is 46.1 Å². The molecule has 1 aromatic heterocycles. The predicted molar refractivity (Wildman–Crippen MR) is 78.5 cm³/mol. The Hall–Kier alpha value is -1.95. The zero-order valence-corrected chi connectivity index (χ0v) is 12.8. The topological polar surface area (TPSA) is 75.0 Å². The van der Waals surface area contributed by atoms with E-state index >= 15 is 0 Å². The summed E-state index contributed by atoms with van der Waals surface area (Å²) in [6, 6.07) is 3.43. The molecule has 1 aromatic rings. The second kappa shape index (κ2) is 5.44. The Bertz CT molecular complexity index is 551. The summed E-state index contributed by atoms with van der Waals surface area (Å²) in [6.45, 7) is 7.25. The molecule has 1 atom stereocenters. The van der Waals surface area contributed by atoms with Crippen LogP contribution in [0.25, 0.3) is 0 Å². The van der Waals surface area contributed by atoms with E-state index in [1.165, 1.54) is 6.20 Å². The molecule has 114 valence electrons. The molecule has 0 aliphatic carbocycles. The molecule has 1 amide bonds. The average molecular weight is 291 g/mol. The summed E-state index contributed by atoms with van der Waals surface area (Å²) in [7, 11) is 0. The second-order valence-electron chi connectivity index (χ2n) is 6.05. The molecule has 1 unspecified atom stereocenters.